The number of unbranched alkanes of at least 4 members (excludes halogenated alkanes) is 22. The molecule has 0 saturated carbocycles. The van der Waals surface area contributed by atoms with Crippen LogP contribution in [0.25, 0.3) is 44.5 Å². The third-order valence-corrected chi connectivity index (χ3v) is 23.9. The van der Waals surface area contributed by atoms with Gasteiger partial charge >= 0.3 is 23.9 Å². The van der Waals surface area contributed by atoms with Crippen molar-refractivity contribution in [1.29, 1.82) is 0 Å². The number of aryl methyl sites for hydroxylation is 4. The van der Waals surface area contributed by atoms with Crippen LogP contribution < -0.4 is 37.9 Å². The molecule has 138 heavy (non-hydrogen) atoms. The molecule has 0 N–H and O–H groups in total. The van der Waals surface area contributed by atoms with Gasteiger partial charge in [-0.3, -0.25) is 0 Å². The summed E-state index contributed by atoms with van der Waals surface area (Å²) in [6.07, 6.45) is 38.8. The summed E-state index contributed by atoms with van der Waals surface area (Å²) >= 11 is 0. The fourth-order valence-corrected chi connectivity index (χ4v) is 15.5. The average molecular weight is 1880 g/mol. The molecular formula is C122H144F4O12. The van der Waals surface area contributed by atoms with E-state index in [4.69, 9.17) is 37.9 Å². The van der Waals surface area contributed by atoms with Gasteiger partial charge in [0.05, 0.1) is 48.7 Å². The van der Waals surface area contributed by atoms with Gasteiger partial charge in [0.15, 0.2) is 46.3 Å². The molecule has 12 nitrogen and oxygen atoms in total. The molecule has 12 aromatic carbocycles. The smallest absolute Gasteiger partial charge is 0.343 e. The van der Waals surface area contributed by atoms with E-state index in [1.54, 1.807) is 54.6 Å². The number of benzene rings is 12. The molecule has 16 heteroatoms. The Morgan fingerprint density at radius 1 is 0.188 bits per heavy atom. The van der Waals surface area contributed by atoms with Crippen LogP contribution in [0.5, 0.6) is 46.0 Å². The van der Waals surface area contributed by atoms with E-state index in [0.29, 0.717) is 49.4 Å². The summed E-state index contributed by atoms with van der Waals surface area (Å²) < 4.78 is 101. The number of hydrogen-bond acceptors (Lipinski definition) is 12. The van der Waals surface area contributed by atoms with Crippen molar-refractivity contribution in [3.8, 4) is 90.5 Å². The van der Waals surface area contributed by atoms with Crippen LogP contribution in [0.15, 0.2) is 267 Å². The van der Waals surface area contributed by atoms with E-state index >= 15 is 0 Å². The molecule has 12 rings (SSSR count). The van der Waals surface area contributed by atoms with Gasteiger partial charge in [-0.1, -0.05) is 342 Å². The molecule has 0 spiro atoms. The van der Waals surface area contributed by atoms with Crippen LogP contribution in [-0.4, -0.2) is 50.3 Å². The first-order valence-corrected chi connectivity index (χ1v) is 50.8. The van der Waals surface area contributed by atoms with E-state index in [1.165, 1.54) is 205 Å². The van der Waals surface area contributed by atoms with Crippen molar-refractivity contribution in [3.05, 3.63) is 335 Å². The highest BCUT2D eigenvalue weighted by molar-refractivity contribution is 5.93. The van der Waals surface area contributed by atoms with E-state index in [1.807, 2.05) is 48.5 Å². The Labute approximate surface area is 819 Å². The number of halogens is 4. The van der Waals surface area contributed by atoms with E-state index in [-0.39, 0.29) is 45.3 Å². The molecule has 0 heterocycles. The zero-order chi connectivity index (χ0) is 98.1. The summed E-state index contributed by atoms with van der Waals surface area (Å²) in [4.78, 5) is 50.0. The Morgan fingerprint density at radius 2 is 0.348 bits per heavy atom. The number of carbonyl (C=O) groups is 4. The molecule has 0 aliphatic heterocycles. The summed E-state index contributed by atoms with van der Waals surface area (Å²) in [5.74, 6) is -2.30. The number of hydrogen-bond donors (Lipinski definition) is 0. The quantitative estimate of drug-likeness (QED) is 0.0155. The normalized spacial score (nSPS) is 10.8. The van der Waals surface area contributed by atoms with Crippen molar-refractivity contribution in [2.75, 3.05) is 26.4 Å². The number of carbonyl (C=O) groups excluding carboxylic acids is 4. The lowest BCUT2D eigenvalue weighted by molar-refractivity contribution is 0.0724. The van der Waals surface area contributed by atoms with Crippen LogP contribution in [-0.2, 0) is 25.7 Å². The maximum atomic E-state index is 14.4. The predicted molar refractivity (Wildman–Crippen MR) is 554 cm³/mol. The fourth-order valence-electron chi connectivity index (χ4n) is 15.5. The van der Waals surface area contributed by atoms with Gasteiger partial charge in [-0.2, -0.15) is 0 Å². The first-order chi connectivity index (χ1) is 67.4. The van der Waals surface area contributed by atoms with Gasteiger partial charge in [0, 0.05) is 0 Å². The largest absolute Gasteiger partial charge is 0.491 e. The van der Waals surface area contributed by atoms with Crippen LogP contribution in [0.2, 0.25) is 0 Å². The van der Waals surface area contributed by atoms with Crippen LogP contribution in [0.1, 0.15) is 312 Å². The van der Waals surface area contributed by atoms with Crippen molar-refractivity contribution in [3.63, 3.8) is 0 Å². The highest BCUT2D eigenvalue weighted by atomic mass is 19.1. The van der Waals surface area contributed by atoms with Gasteiger partial charge in [-0.05, 0) is 265 Å². The van der Waals surface area contributed by atoms with Gasteiger partial charge < -0.3 is 37.9 Å². The van der Waals surface area contributed by atoms with Crippen molar-refractivity contribution < 1.29 is 74.6 Å². The fraction of sp³-hybridized carbons (Fsp3) is 0.377. The monoisotopic (exact) mass is 1880 g/mol. The molecule has 732 valence electrons. The zero-order valence-corrected chi connectivity index (χ0v) is 82.7. The highest BCUT2D eigenvalue weighted by Gasteiger charge is 2.20. The minimum Gasteiger partial charge on any atom is -0.491 e. The summed E-state index contributed by atoms with van der Waals surface area (Å²) in [7, 11) is 0. The minimum absolute atomic E-state index is 0.149. The number of rotatable bonds is 54. The molecule has 0 saturated heterocycles. The van der Waals surface area contributed by atoms with Gasteiger partial charge in [-0.15, -0.1) is 0 Å². The van der Waals surface area contributed by atoms with Crippen molar-refractivity contribution in [2.24, 2.45) is 0 Å². The molecule has 0 amide bonds. The van der Waals surface area contributed by atoms with Crippen LogP contribution in [0.3, 0.4) is 0 Å². The van der Waals surface area contributed by atoms with Gasteiger partial charge in [0.2, 0.25) is 0 Å². The zero-order valence-electron chi connectivity index (χ0n) is 82.7. The summed E-state index contributed by atoms with van der Waals surface area (Å²) in [5.41, 5.74) is 14.7. The molecular weight excluding hydrogens is 1730 g/mol. The first kappa shape index (κ1) is 109. The maximum Gasteiger partial charge on any atom is 0.343 e. The number of ether oxygens (including phenoxy) is 8. The Morgan fingerprint density at radius 3 is 0.543 bits per heavy atom. The van der Waals surface area contributed by atoms with Crippen LogP contribution in [0, 0.1) is 23.3 Å². The van der Waals surface area contributed by atoms with Crippen LogP contribution >= 0.6 is 0 Å². The molecule has 0 unspecified atom stereocenters. The highest BCUT2D eigenvalue weighted by Crippen LogP contribution is 2.33. The molecule has 0 aromatic heterocycles. The van der Waals surface area contributed by atoms with E-state index in [9.17, 15) is 36.7 Å². The van der Waals surface area contributed by atoms with Gasteiger partial charge in [-0.25, -0.2) is 36.7 Å². The molecule has 0 radical (unpaired) electrons. The van der Waals surface area contributed by atoms with Gasteiger partial charge in [0.1, 0.15) is 23.0 Å². The Balaban J connectivity index is 0.000000206. The van der Waals surface area contributed by atoms with Gasteiger partial charge in [0.25, 0.3) is 0 Å². The lowest BCUT2D eigenvalue weighted by atomic mass is 10.0. The minimum atomic E-state index is -0.601. The maximum absolute atomic E-state index is 14.4. The van der Waals surface area contributed by atoms with E-state index in [0.717, 1.165) is 147 Å². The Hall–Kier alpha value is -12.6. The molecule has 0 aliphatic carbocycles. The van der Waals surface area contributed by atoms with Crippen molar-refractivity contribution in [1.82, 2.24) is 0 Å². The third-order valence-electron chi connectivity index (χ3n) is 23.9. The number of esters is 4. The molecule has 0 atom stereocenters. The predicted octanol–water partition coefficient (Wildman–Crippen LogP) is 34.4. The molecule has 0 aliphatic rings. The Bertz CT molecular complexity index is 5510. The molecule has 12 aromatic rings. The average Bonchev–Trinajstić information content (AvgIpc) is 0.840. The van der Waals surface area contributed by atoms with E-state index in [2.05, 4.69) is 152 Å². The summed E-state index contributed by atoms with van der Waals surface area (Å²) in [6.45, 7) is 19.3. The lowest BCUT2D eigenvalue weighted by Gasteiger charge is -2.09. The summed E-state index contributed by atoms with van der Waals surface area (Å²) in [5, 5.41) is 0. The second-order valence-corrected chi connectivity index (χ2v) is 35.2. The summed E-state index contributed by atoms with van der Waals surface area (Å²) in [6, 6.07) is 80.6. The topological polar surface area (TPSA) is 142 Å². The van der Waals surface area contributed by atoms with Crippen molar-refractivity contribution in [2.45, 2.75) is 274 Å². The standard InChI is InChI=1S/C32H39FO3.C31H37FO3.C30H35FO3.C29H33FO3/c1-3-5-7-8-9-11-23-35-31-22-19-28(24-30(31)33)32(34)36-29-20-17-27(18-21-29)26-15-13-25(14-16-26)12-10-6-4-2;1-3-5-7-8-10-22-34-30-21-18-27(23-29(30)32)31(33)35-28-19-16-26(17-20-28)25-14-12-24(13-15-25)11-9-6-4-2;1-3-5-7-9-21-33-29-20-17-26(22-28(29)31)30(32)34-27-18-15-25(16-19-27)24-13-11-23(12-14-24)10-8-6-4-2;1-3-5-7-9-22-10-12-23(13-11-22)24-14-17-26(18-15-24)33-29(31)25-16-19-28(27(30)21-25)32-20-8-6-4-2/h13-22,24H,3-12,23H2,1-2H3;12-21,23H,3-11,22H2,1-2H3;11-20,22H,3-10,21H2,1-2H3;10-19,21H,3-9,20H2,1-2H3. The Kier molecular flexibility index (Phi) is 49.8. The second-order valence-electron chi connectivity index (χ2n) is 35.2. The lowest BCUT2D eigenvalue weighted by Crippen LogP contribution is -2.09. The molecule has 0 bridgehead atoms. The first-order valence-electron chi connectivity index (χ1n) is 50.8. The van der Waals surface area contributed by atoms with E-state index < -0.39 is 47.1 Å². The second kappa shape index (κ2) is 63.0. The van der Waals surface area contributed by atoms with Crippen LogP contribution in [0.4, 0.5) is 17.6 Å². The SMILES string of the molecule is CCCCCCCCOc1ccc(C(=O)Oc2ccc(-c3ccc(CCCCC)cc3)cc2)cc1F.CCCCCCCOc1ccc(C(=O)Oc2ccc(-c3ccc(CCCCC)cc3)cc2)cc1F.CCCCCCOc1ccc(C(=O)Oc2ccc(-c3ccc(CCCCC)cc3)cc2)cc1F.CCCCCOc1ccc(C(=O)Oc2ccc(-c3ccc(CCCCC)cc3)cc2)cc1F. The van der Waals surface area contributed by atoms with Crippen molar-refractivity contribution >= 4 is 23.9 Å². The third kappa shape index (κ3) is 39.1. The molecule has 0 fully saturated rings.